The third kappa shape index (κ3) is 1.63. The van der Waals surface area contributed by atoms with Crippen molar-refractivity contribution in [2.24, 2.45) is 0 Å². The molecule has 0 saturated heterocycles. The molecule has 0 aromatic carbocycles. The normalized spacial score (nSPS) is 9.00. The average Bonchev–Trinajstić information content (AvgIpc) is 2.05. The Bertz CT molecular complexity index is 193. The van der Waals surface area contributed by atoms with E-state index in [0.29, 0.717) is 0 Å². The van der Waals surface area contributed by atoms with Crippen molar-refractivity contribution in [3.05, 3.63) is 18.3 Å². The first-order valence-corrected chi connectivity index (χ1v) is 3.41. The third-order valence-electron chi connectivity index (χ3n) is 1.43. The van der Waals surface area contributed by atoms with Crippen molar-refractivity contribution in [3.63, 3.8) is 0 Å². The largest absolute Gasteiger partial charge is 0.272 e. The van der Waals surface area contributed by atoms with E-state index in [1.54, 1.807) is 0 Å². The molecule has 0 saturated carbocycles. The Morgan fingerprint density at radius 1 is 1.30 bits per heavy atom. The first-order valence-electron chi connectivity index (χ1n) is 3.41. The minimum atomic E-state index is 1.04. The summed E-state index contributed by atoms with van der Waals surface area (Å²) in [5, 5.41) is 0. The van der Waals surface area contributed by atoms with Crippen molar-refractivity contribution in [2.75, 3.05) is 0 Å². The van der Waals surface area contributed by atoms with Gasteiger partial charge in [-0.05, 0) is 5.59 Å². The highest BCUT2D eigenvalue weighted by atomic mass is 14.6. The van der Waals surface area contributed by atoms with Gasteiger partial charge in [0.05, 0.1) is 0 Å². The van der Waals surface area contributed by atoms with Crippen molar-refractivity contribution < 1.29 is 0 Å². The first-order chi connectivity index (χ1) is 4.86. The van der Waals surface area contributed by atoms with E-state index >= 15 is 0 Å². The van der Waals surface area contributed by atoms with E-state index in [-0.39, 0.29) is 0 Å². The van der Waals surface area contributed by atoms with Crippen LogP contribution < -0.4 is 11.1 Å². The first kappa shape index (κ1) is 7.39. The molecule has 48 valence electrons. The van der Waals surface area contributed by atoms with Crippen LogP contribution in [0.3, 0.4) is 0 Å². The maximum absolute atomic E-state index is 4.13. The van der Waals surface area contributed by atoms with Gasteiger partial charge < -0.3 is 0 Å². The Labute approximate surface area is 63.4 Å². The topological polar surface area (TPSA) is 12.9 Å². The van der Waals surface area contributed by atoms with Crippen LogP contribution in [0.4, 0.5) is 0 Å². The van der Waals surface area contributed by atoms with Crippen molar-refractivity contribution in [3.8, 4) is 0 Å². The average molecular weight is 129 g/mol. The van der Waals surface area contributed by atoms with Crippen molar-refractivity contribution in [2.45, 2.75) is 13.6 Å². The standard InChI is InChI=1S/C7H9B2N/c1-8-6-3-4-10-7(5-6)9-2/h3-5H,1-2H3. The van der Waals surface area contributed by atoms with E-state index in [4.69, 9.17) is 0 Å². The molecule has 3 heteroatoms. The summed E-state index contributed by atoms with van der Waals surface area (Å²) in [7, 11) is 4.06. The summed E-state index contributed by atoms with van der Waals surface area (Å²) in [5.74, 6) is 0. The SMILES string of the molecule is C[B]c1ccnc([B]C)c1. The van der Waals surface area contributed by atoms with Crippen LogP contribution in [-0.2, 0) is 0 Å². The van der Waals surface area contributed by atoms with Gasteiger partial charge in [-0.25, -0.2) is 0 Å². The van der Waals surface area contributed by atoms with Gasteiger partial charge in [0.2, 0.25) is 0 Å². The molecule has 0 amide bonds. The molecule has 0 unspecified atom stereocenters. The van der Waals surface area contributed by atoms with Crippen molar-refractivity contribution >= 4 is 25.6 Å². The second kappa shape index (κ2) is 3.45. The predicted molar refractivity (Wildman–Crippen MR) is 46.7 cm³/mol. The molecule has 2 radical (unpaired) electrons. The van der Waals surface area contributed by atoms with Crippen LogP contribution in [-0.4, -0.2) is 19.5 Å². The molecule has 1 nitrogen and oxygen atoms in total. The number of rotatable bonds is 2. The molecule has 0 aliphatic rings. The molecular formula is C7H9B2N. The number of hydrogen-bond acceptors (Lipinski definition) is 1. The molecular weight excluding hydrogens is 120 g/mol. The summed E-state index contributed by atoms with van der Waals surface area (Å²) in [4.78, 5) is 4.13. The Hall–Kier alpha value is -0.720. The number of aromatic nitrogens is 1. The van der Waals surface area contributed by atoms with E-state index in [9.17, 15) is 0 Å². The summed E-state index contributed by atoms with van der Waals surface area (Å²) >= 11 is 0. The van der Waals surface area contributed by atoms with E-state index in [2.05, 4.69) is 18.3 Å². The lowest BCUT2D eigenvalue weighted by molar-refractivity contribution is 1.40. The van der Waals surface area contributed by atoms with Crippen LogP contribution in [0.5, 0.6) is 0 Å². The van der Waals surface area contributed by atoms with E-state index < -0.39 is 0 Å². The molecule has 0 fully saturated rings. The monoisotopic (exact) mass is 129 g/mol. The van der Waals surface area contributed by atoms with E-state index in [1.165, 1.54) is 5.46 Å². The van der Waals surface area contributed by atoms with E-state index in [0.717, 1.165) is 5.59 Å². The van der Waals surface area contributed by atoms with Crippen LogP contribution in [0.2, 0.25) is 13.6 Å². The third-order valence-corrected chi connectivity index (χ3v) is 1.43. The van der Waals surface area contributed by atoms with Crippen LogP contribution in [0.15, 0.2) is 18.3 Å². The molecule has 1 heterocycles. The smallest absolute Gasteiger partial charge is 0.174 e. The summed E-state index contributed by atoms with van der Waals surface area (Å²) < 4.78 is 0. The highest BCUT2D eigenvalue weighted by Gasteiger charge is 1.92. The second-order valence-corrected chi connectivity index (χ2v) is 2.09. The van der Waals surface area contributed by atoms with Gasteiger partial charge in [-0.15, -0.1) is 0 Å². The lowest BCUT2D eigenvalue weighted by atomic mass is 9.70. The predicted octanol–water partition coefficient (Wildman–Crippen LogP) is -0.163. The quantitative estimate of drug-likeness (QED) is 0.505. The van der Waals surface area contributed by atoms with Crippen LogP contribution in [0.1, 0.15) is 0 Å². The Balaban J connectivity index is 2.87. The molecule has 1 rings (SSSR count). The molecule has 0 atom stereocenters. The number of nitrogens with zero attached hydrogens (tertiary/aromatic N) is 1. The number of hydrogen-bond donors (Lipinski definition) is 0. The maximum Gasteiger partial charge on any atom is 0.174 e. The molecule has 0 bridgehead atoms. The lowest BCUT2D eigenvalue weighted by Gasteiger charge is -1.96. The maximum atomic E-state index is 4.13. The van der Waals surface area contributed by atoms with Gasteiger partial charge in [-0.2, -0.15) is 0 Å². The minimum Gasteiger partial charge on any atom is -0.272 e. The molecule has 0 spiro atoms. The fourth-order valence-corrected chi connectivity index (χ4v) is 0.803. The van der Waals surface area contributed by atoms with Gasteiger partial charge >= 0.3 is 0 Å². The van der Waals surface area contributed by atoms with Gasteiger partial charge in [0.25, 0.3) is 0 Å². The molecule has 0 N–H and O–H groups in total. The molecule has 0 aliphatic heterocycles. The highest BCUT2D eigenvalue weighted by Crippen LogP contribution is 1.73. The molecule has 1 aromatic heterocycles. The zero-order chi connectivity index (χ0) is 7.40. The summed E-state index contributed by atoms with van der Waals surface area (Å²) in [6.07, 6.45) is 1.82. The highest BCUT2D eigenvalue weighted by molar-refractivity contribution is 6.55. The van der Waals surface area contributed by atoms with Crippen LogP contribution in [0, 0.1) is 0 Å². The van der Waals surface area contributed by atoms with Gasteiger partial charge in [-0.3, -0.25) is 4.98 Å². The minimum absolute atomic E-state index is 1.04. The van der Waals surface area contributed by atoms with Crippen LogP contribution in [0.25, 0.3) is 0 Å². The van der Waals surface area contributed by atoms with Crippen molar-refractivity contribution in [1.29, 1.82) is 0 Å². The van der Waals surface area contributed by atoms with E-state index in [1.807, 2.05) is 33.2 Å². The Morgan fingerprint density at radius 2 is 2.10 bits per heavy atom. The fraction of sp³-hybridized carbons (Fsp3) is 0.286. The molecule has 1 aromatic rings. The Kier molecular flexibility index (Phi) is 2.55. The van der Waals surface area contributed by atoms with Crippen molar-refractivity contribution in [1.82, 2.24) is 4.98 Å². The van der Waals surface area contributed by atoms with Gasteiger partial charge in [0, 0.05) is 6.20 Å². The lowest BCUT2D eigenvalue weighted by Crippen LogP contribution is -2.23. The summed E-state index contributed by atoms with van der Waals surface area (Å²) in [6.45, 7) is 4.01. The fourth-order valence-electron chi connectivity index (χ4n) is 0.803. The van der Waals surface area contributed by atoms with Gasteiger partial charge in [0.1, 0.15) is 7.28 Å². The zero-order valence-corrected chi connectivity index (χ0v) is 6.33. The Morgan fingerprint density at radius 3 is 2.70 bits per heavy atom. The second-order valence-electron chi connectivity index (χ2n) is 2.09. The number of pyridine rings is 1. The summed E-state index contributed by atoms with van der Waals surface area (Å²) in [6, 6.07) is 4.05. The molecule has 0 aliphatic carbocycles. The summed E-state index contributed by atoms with van der Waals surface area (Å²) in [5.41, 5.74) is 2.26. The van der Waals surface area contributed by atoms with Gasteiger partial charge in [0.15, 0.2) is 7.28 Å². The van der Waals surface area contributed by atoms with Crippen LogP contribution >= 0.6 is 0 Å². The zero-order valence-electron chi connectivity index (χ0n) is 6.33. The molecule has 10 heavy (non-hydrogen) atoms. The van der Waals surface area contributed by atoms with Gasteiger partial charge in [-0.1, -0.05) is 31.2 Å².